The molecule has 1 aromatic carbocycles. The second-order valence-electron chi connectivity index (χ2n) is 6.44. The molecule has 4 rings (SSSR count). The number of pyridine rings is 1. The Morgan fingerprint density at radius 3 is 2.89 bits per heavy atom. The average molecular weight is 380 g/mol. The van der Waals surface area contributed by atoms with Gasteiger partial charge in [0.15, 0.2) is 17.3 Å². The van der Waals surface area contributed by atoms with Crippen molar-refractivity contribution in [3.8, 4) is 5.75 Å². The van der Waals surface area contributed by atoms with Crippen LogP contribution in [0.15, 0.2) is 54.9 Å². The van der Waals surface area contributed by atoms with Gasteiger partial charge in [-0.2, -0.15) is 5.10 Å². The van der Waals surface area contributed by atoms with E-state index in [0.717, 1.165) is 11.8 Å². The van der Waals surface area contributed by atoms with Crippen molar-refractivity contribution in [1.82, 2.24) is 20.1 Å². The van der Waals surface area contributed by atoms with Gasteiger partial charge in [0.2, 0.25) is 0 Å². The van der Waals surface area contributed by atoms with E-state index in [-0.39, 0.29) is 24.5 Å². The first kappa shape index (κ1) is 17.8. The third-order valence-electron chi connectivity index (χ3n) is 4.41. The van der Waals surface area contributed by atoms with Gasteiger partial charge < -0.3 is 10.1 Å². The van der Waals surface area contributed by atoms with Gasteiger partial charge in [0.1, 0.15) is 18.4 Å². The van der Waals surface area contributed by atoms with Crippen LogP contribution in [0.5, 0.6) is 5.75 Å². The Bertz CT molecular complexity index is 1020. The second kappa shape index (κ2) is 7.59. The van der Waals surface area contributed by atoms with Crippen molar-refractivity contribution in [3.63, 3.8) is 0 Å². The largest absolute Gasteiger partial charge is 0.489 e. The normalized spacial score (nSPS) is 16.0. The number of ether oxygens (including phenoxy) is 1. The summed E-state index contributed by atoms with van der Waals surface area (Å²) in [6, 6.07) is 11.9. The number of carbonyl (C=O) groups excluding carboxylic acids is 2. The van der Waals surface area contributed by atoms with Crippen molar-refractivity contribution < 1.29 is 18.7 Å². The number of ketones is 1. The number of carbonyl (C=O) groups is 2. The van der Waals surface area contributed by atoms with Crippen LogP contribution in [-0.2, 0) is 17.8 Å². The minimum absolute atomic E-state index is 0.0338. The number of hydrogen-bond acceptors (Lipinski definition) is 5. The molecule has 0 fully saturated rings. The van der Waals surface area contributed by atoms with Crippen LogP contribution in [0, 0.1) is 5.82 Å². The van der Waals surface area contributed by atoms with E-state index >= 15 is 0 Å². The molecule has 0 bridgehead atoms. The molecule has 0 unspecified atom stereocenters. The Labute approximate surface area is 160 Å². The molecular weight excluding hydrogens is 363 g/mol. The molecule has 0 saturated heterocycles. The molecule has 1 aliphatic rings. The maximum atomic E-state index is 14.2. The summed E-state index contributed by atoms with van der Waals surface area (Å²) >= 11 is 0. The van der Waals surface area contributed by atoms with E-state index in [1.165, 1.54) is 4.68 Å². The molecule has 0 aliphatic carbocycles. The maximum absolute atomic E-state index is 14.2. The highest BCUT2D eigenvalue weighted by Crippen LogP contribution is 2.20. The Balaban J connectivity index is 1.46. The minimum Gasteiger partial charge on any atom is -0.489 e. The predicted molar refractivity (Wildman–Crippen MR) is 97.4 cm³/mol. The van der Waals surface area contributed by atoms with Crippen LogP contribution in [0.25, 0.3) is 0 Å². The number of fused-ring (bicyclic) bond motifs is 1. The van der Waals surface area contributed by atoms with Crippen molar-refractivity contribution in [1.29, 1.82) is 0 Å². The zero-order valence-electron chi connectivity index (χ0n) is 14.8. The number of halogens is 1. The monoisotopic (exact) mass is 380 g/mol. The third kappa shape index (κ3) is 3.75. The van der Waals surface area contributed by atoms with Crippen molar-refractivity contribution in [2.75, 3.05) is 6.61 Å². The van der Waals surface area contributed by atoms with E-state index < -0.39 is 17.8 Å². The lowest BCUT2D eigenvalue weighted by molar-refractivity contribution is -0.120. The smallest absolute Gasteiger partial charge is 0.275 e. The summed E-state index contributed by atoms with van der Waals surface area (Å²) < 4.78 is 21.2. The lowest BCUT2D eigenvalue weighted by Crippen LogP contribution is -2.45. The lowest BCUT2D eigenvalue weighted by Gasteiger charge is -2.14. The van der Waals surface area contributed by atoms with Crippen molar-refractivity contribution >= 4 is 11.7 Å². The van der Waals surface area contributed by atoms with Gasteiger partial charge in [0.05, 0.1) is 24.9 Å². The molecule has 3 heterocycles. The number of amides is 1. The van der Waals surface area contributed by atoms with E-state index in [0.29, 0.717) is 18.0 Å². The maximum Gasteiger partial charge on any atom is 0.275 e. The molecule has 28 heavy (non-hydrogen) atoms. The SMILES string of the molecule is O=C(N[C@H]1COc2cccnc2CC1=O)c1nn(Cc2ccccc2)cc1F. The zero-order chi connectivity index (χ0) is 19.5. The molecule has 0 saturated carbocycles. The van der Waals surface area contributed by atoms with Crippen LogP contribution >= 0.6 is 0 Å². The van der Waals surface area contributed by atoms with Gasteiger partial charge in [-0.05, 0) is 17.7 Å². The Morgan fingerprint density at radius 2 is 2.07 bits per heavy atom. The van der Waals surface area contributed by atoms with Gasteiger partial charge in [-0.1, -0.05) is 30.3 Å². The molecule has 0 spiro atoms. The predicted octanol–water partition coefficient (Wildman–Crippen LogP) is 1.77. The van der Waals surface area contributed by atoms with Crippen molar-refractivity contribution in [3.05, 3.63) is 77.6 Å². The fourth-order valence-corrected chi connectivity index (χ4v) is 2.99. The van der Waals surface area contributed by atoms with Gasteiger partial charge in [-0.3, -0.25) is 19.3 Å². The van der Waals surface area contributed by atoms with Crippen molar-refractivity contribution in [2.24, 2.45) is 0 Å². The summed E-state index contributed by atoms with van der Waals surface area (Å²) in [5.74, 6) is -1.26. The summed E-state index contributed by atoms with van der Waals surface area (Å²) in [7, 11) is 0. The summed E-state index contributed by atoms with van der Waals surface area (Å²) in [5.41, 5.74) is 1.08. The molecule has 0 radical (unpaired) electrons. The minimum atomic E-state index is -0.902. The summed E-state index contributed by atoms with van der Waals surface area (Å²) in [5, 5.41) is 6.54. The number of hydrogen-bond donors (Lipinski definition) is 1. The summed E-state index contributed by atoms with van der Waals surface area (Å²) in [6.45, 7) is 0.285. The molecule has 8 heteroatoms. The zero-order valence-corrected chi connectivity index (χ0v) is 14.8. The van der Waals surface area contributed by atoms with E-state index in [4.69, 9.17) is 4.74 Å². The van der Waals surface area contributed by atoms with Gasteiger partial charge >= 0.3 is 0 Å². The highest BCUT2D eigenvalue weighted by Gasteiger charge is 2.29. The topological polar surface area (TPSA) is 86.1 Å². The fourth-order valence-electron chi connectivity index (χ4n) is 2.99. The van der Waals surface area contributed by atoms with Crippen LogP contribution in [0.3, 0.4) is 0 Å². The first-order valence-corrected chi connectivity index (χ1v) is 8.77. The number of aromatic nitrogens is 3. The highest BCUT2D eigenvalue weighted by molar-refractivity contribution is 5.97. The average Bonchev–Trinajstić information content (AvgIpc) is 2.98. The molecule has 1 aliphatic heterocycles. The molecule has 2 aromatic heterocycles. The van der Waals surface area contributed by atoms with Gasteiger partial charge in [-0.15, -0.1) is 0 Å². The number of benzene rings is 1. The van der Waals surface area contributed by atoms with E-state index in [1.807, 2.05) is 30.3 Å². The quantitative estimate of drug-likeness (QED) is 0.746. The van der Waals surface area contributed by atoms with E-state index in [9.17, 15) is 14.0 Å². The number of nitrogens with zero attached hydrogens (tertiary/aromatic N) is 3. The van der Waals surface area contributed by atoms with Crippen LogP contribution in [0.2, 0.25) is 0 Å². The molecule has 142 valence electrons. The third-order valence-corrected chi connectivity index (χ3v) is 4.41. The number of nitrogens with one attached hydrogen (secondary N) is 1. The summed E-state index contributed by atoms with van der Waals surface area (Å²) in [4.78, 5) is 29.0. The van der Waals surface area contributed by atoms with Crippen LogP contribution in [-0.4, -0.2) is 39.1 Å². The van der Waals surface area contributed by atoms with Gasteiger partial charge in [0.25, 0.3) is 5.91 Å². The molecule has 1 N–H and O–H groups in total. The molecule has 3 aromatic rings. The van der Waals surface area contributed by atoms with E-state index in [1.54, 1.807) is 18.3 Å². The molecule has 1 amide bonds. The van der Waals surface area contributed by atoms with Crippen LogP contribution in [0.1, 0.15) is 21.7 Å². The first-order valence-electron chi connectivity index (χ1n) is 8.77. The second-order valence-corrected chi connectivity index (χ2v) is 6.44. The number of rotatable bonds is 4. The van der Waals surface area contributed by atoms with Gasteiger partial charge in [0, 0.05) is 6.20 Å². The van der Waals surface area contributed by atoms with Crippen LogP contribution < -0.4 is 10.1 Å². The standard InChI is InChI=1S/C20H17FN4O3/c21-14-11-25(10-13-5-2-1-3-6-13)24-19(14)20(27)23-16-12-28-18-7-4-8-22-15(18)9-17(16)26/h1-8,11,16H,9-10,12H2,(H,23,27)/t16-/m0/s1. The highest BCUT2D eigenvalue weighted by atomic mass is 19.1. The Kier molecular flexibility index (Phi) is 4.84. The Morgan fingerprint density at radius 1 is 1.25 bits per heavy atom. The van der Waals surface area contributed by atoms with Crippen molar-refractivity contribution in [2.45, 2.75) is 19.0 Å². The lowest BCUT2D eigenvalue weighted by atomic mass is 10.1. The first-order chi connectivity index (χ1) is 13.6. The fraction of sp³-hybridized carbons (Fsp3) is 0.200. The Hall–Kier alpha value is -3.55. The van der Waals surface area contributed by atoms with Crippen LogP contribution in [0.4, 0.5) is 4.39 Å². The summed E-state index contributed by atoms with van der Waals surface area (Å²) in [6.07, 6.45) is 2.77. The van der Waals surface area contributed by atoms with Gasteiger partial charge in [-0.25, -0.2) is 4.39 Å². The van der Waals surface area contributed by atoms with E-state index in [2.05, 4.69) is 15.4 Å². The molecular formula is C20H17FN4O3. The number of Topliss-reactive ketones (excluding diaryl/α,β-unsaturated/α-hetero) is 1. The molecule has 1 atom stereocenters. The molecule has 7 nitrogen and oxygen atoms in total.